The summed E-state index contributed by atoms with van der Waals surface area (Å²) >= 11 is 10.8. The number of benzene rings is 2. The molecular weight excluding hydrogens is 594 g/mol. The standard InChI is InChI=1S/C31H33BrClN3O4/c1-39-30-20(7-3-4-17-37)12-14-27(36-30)25-11-6-9-23(29(25)33)22-8-5-10-24(28(22)32)26-15-13-21(19-34-16-18-38)31(35-26)40-2/h5-6,8-15,34,37-38H,3-4,7,16-19H2,1-2H3. The van der Waals surface area contributed by atoms with Gasteiger partial charge in [-0.2, -0.15) is 0 Å². The van der Waals surface area contributed by atoms with E-state index in [4.69, 9.17) is 41.3 Å². The molecule has 0 unspecified atom stereocenters. The Morgan fingerprint density at radius 1 is 0.750 bits per heavy atom. The van der Waals surface area contributed by atoms with Gasteiger partial charge in [-0.15, -0.1) is 0 Å². The average Bonchev–Trinajstić information content (AvgIpc) is 2.98. The molecule has 0 aliphatic rings. The molecule has 2 aromatic heterocycles. The van der Waals surface area contributed by atoms with Crippen molar-refractivity contribution in [3.8, 4) is 45.4 Å². The van der Waals surface area contributed by atoms with E-state index in [0.29, 0.717) is 29.9 Å². The number of aliphatic hydroxyl groups is 2. The number of aryl methyl sites for hydroxylation is 1. The molecule has 0 atom stereocenters. The average molecular weight is 627 g/mol. The third-order valence-electron chi connectivity index (χ3n) is 6.56. The molecule has 0 bridgehead atoms. The number of halogens is 2. The van der Waals surface area contributed by atoms with E-state index in [0.717, 1.165) is 68.5 Å². The molecule has 3 N–H and O–H groups in total. The molecule has 4 aromatic rings. The first-order valence-corrected chi connectivity index (χ1v) is 14.3. The van der Waals surface area contributed by atoms with E-state index in [1.807, 2.05) is 60.7 Å². The zero-order valence-corrected chi connectivity index (χ0v) is 24.9. The lowest BCUT2D eigenvalue weighted by atomic mass is 9.98. The summed E-state index contributed by atoms with van der Waals surface area (Å²) in [6.07, 6.45) is 2.38. The summed E-state index contributed by atoms with van der Waals surface area (Å²) in [4.78, 5) is 9.51. The second-order valence-electron chi connectivity index (χ2n) is 9.15. The molecule has 4 rings (SSSR count). The molecule has 0 amide bonds. The number of ether oxygens (including phenoxy) is 2. The van der Waals surface area contributed by atoms with Crippen molar-refractivity contribution in [2.24, 2.45) is 0 Å². The molecule has 7 nitrogen and oxygen atoms in total. The van der Waals surface area contributed by atoms with Crippen molar-refractivity contribution < 1.29 is 19.7 Å². The van der Waals surface area contributed by atoms with Crippen molar-refractivity contribution in [3.63, 3.8) is 0 Å². The van der Waals surface area contributed by atoms with Gasteiger partial charge in [-0.1, -0.05) is 60.1 Å². The van der Waals surface area contributed by atoms with Crippen LogP contribution in [0.5, 0.6) is 11.8 Å². The van der Waals surface area contributed by atoms with Gasteiger partial charge in [0.2, 0.25) is 11.8 Å². The number of unbranched alkanes of at least 4 members (excludes halogenated alkanes) is 1. The lowest BCUT2D eigenvalue weighted by molar-refractivity contribution is 0.284. The van der Waals surface area contributed by atoms with Gasteiger partial charge in [-0.25, -0.2) is 9.97 Å². The largest absolute Gasteiger partial charge is 0.481 e. The summed E-state index contributed by atoms with van der Waals surface area (Å²) in [6.45, 7) is 1.28. The summed E-state index contributed by atoms with van der Waals surface area (Å²) in [5, 5.41) is 21.9. The molecule has 210 valence electrons. The van der Waals surface area contributed by atoms with Crippen molar-refractivity contribution >= 4 is 27.5 Å². The Hall–Kier alpha value is -3.01. The third-order valence-corrected chi connectivity index (χ3v) is 7.82. The summed E-state index contributed by atoms with van der Waals surface area (Å²) in [7, 11) is 3.21. The molecule has 0 saturated carbocycles. The number of pyridine rings is 2. The van der Waals surface area contributed by atoms with Crippen LogP contribution in [0.2, 0.25) is 5.02 Å². The van der Waals surface area contributed by atoms with E-state index in [1.165, 1.54) is 0 Å². The maximum absolute atomic E-state index is 9.10. The fraction of sp³-hybridized carbons (Fsp3) is 0.290. The second-order valence-corrected chi connectivity index (χ2v) is 10.3. The van der Waals surface area contributed by atoms with Crippen LogP contribution in [0, 0.1) is 0 Å². The molecule has 9 heteroatoms. The first-order valence-electron chi connectivity index (χ1n) is 13.1. The van der Waals surface area contributed by atoms with Gasteiger partial charge < -0.3 is 25.0 Å². The minimum absolute atomic E-state index is 0.0671. The highest BCUT2D eigenvalue weighted by atomic mass is 79.9. The molecule has 40 heavy (non-hydrogen) atoms. The number of nitrogens with zero attached hydrogens (tertiary/aromatic N) is 2. The van der Waals surface area contributed by atoms with Crippen LogP contribution in [-0.4, -0.2) is 54.2 Å². The predicted molar refractivity (Wildman–Crippen MR) is 163 cm³/mol. The maximum Gasteiger partial charge on any atom is 0.218 e. The second kappa shape index (κ2) is 14.6. The molecular formula is C31H33BrClN3O4. The number of methoxy groups -OCH3 is 2. The van der Waals surface area contributed by atoms with Gasteiger partial charge in [0.15, 0.2) is 0 Å². The number of rotatable bonds is 13. The molecule has 2 heterocycles. The van der Waals surface area contributed by atoms with E-state index in [2.05, 4.69) is 21.2 Å². The topological polar surface area (TPSA) is 96.7 Å². The number of aliphatic hydroxyl groups excluding tert-OH is 2. The fourth-order valence-electron chi connectivity index (χ4n) is 4.52. The van der Waals surface area contributed by atoms with E-state index in [1.54, 1.807) is 14.2 Å². The normalized spacial score (nSPS) is 11.1. The summed E-state index contributed by atoms with van der Waals surface area (Å²) in [6, 6.07) is 19.8. The Bertz CT molecular complexity index is 1340. The van der Waals surface area contributed by atoms with Crippen LogP contribution in [0.15, 0.2) is 65.1 Å². The molecule has 0 saturated heterocycles. The van der Waals surface area contributed by atoms with Crippen molar-refractivity contribution in [1.29, 1.82) is 0 Å². The van der Waals surface area contributed by atoms with Crippen molar-refractivity contribution in [2.45, 2.75) is 25.8 Å². The van der Waals surface area contributed by atoms with Crippen LogP contribution >= 0.6 is 27.5 Å². The Morgan fingerprint density at radius 3 is 2.02 bits per heavy atom. The van der Waals surface area contributed by atoms with Crippen molar-refractivity contribution in [3.05, 3.63) is 81.3 Å². The smallest absolute Gasteiger partial charge is 0.218 e. The zero-order valence-electron chi connectivity index (χ0n) is 22.6. The van der Waals surface area contributed by atoms with E-state index in [9.17, 15) is 0 Å². The molecule has 0 aliphatic carbocycles. The lowest BCUT2D eigenvalue weighted by Crippen LogP contribution is -2.18. The van der Waals surface area contributed by atoms with Gasteiger partial charge >= 0.3 is 0 Å². The zero-order chi connectivity index (χ0) is 28.5. The highest BCUT2D eigenvalue weighted by molar-refractivity contribution is 9.10. The number of nitrogens with one attached hydrogen (secondary N) is 1. The third kappa shape index (κ3) is 6.82. The Labute approximate surface area is 248 Å². The SMILES string of the molecule is COc1nc(-c2cccc(-c3cccc(-c4ccc(CNCCO)c(OC)n4)c3Br)c2Cl)ccc1CCCCO. The molecule has 0 radical (unpaired) electrons. The van der Waals surface area contributed by atoms with Crippen LogP contribution in [0.1, 0.15) is 24.0 Å². The predicted octanol–water partition coefficient (Wildman–Crippen LogP) is 6.31. The maximum atomic E-state index is 9.10. The van der Waals surface area contributed by atoms with Gasteiger partial charge in [0.25, 0.3) is 0 Å². The lowest BCUT2D eigenvalue weighted by Gasteiger charge is -2.15. The highest BCUT2D eigenvalue weighted by Crippen LogP contribution is 2.42. The van der Waals surface area contributed by atoms with Crippen molar-refractivity contribution in [2.75, 3.05) is 34.0 Å². The van der Waals surface area contributed by atoms with E-state index < -0.39 is 0 Å². The quantitative estimate of drug-likeness (QED) is 0.150. The number of hydrogen-bond donors (Lipinski definition) is 3. The molecule has 2 aromatic carbocycles. The monoisotopic (exact) mass is 625 g/mol. The molecule has 0 aliphatic heterocycles. The van der Waals surface area contributed by atoms with Crippen LogP contribution in [0.4, 0.5) is 0 Å². The Balaban J connectivity index is 1.69. The summed E-state index contributed by atoms with van der Waals surface area (Å²) < 4.78 is 12.0. The van der Waals surface area contributed by atoms with Gasteiger partial charge in [0, 0.05) is 52.0 Å². The Kier molecular flexibility index (Phi) is 10.9. The molecule has 0 fully saturated rings. The summed E-state index contributed by atoms with van der Waals surface area (Å²) in [5.41, 5.74) is 6.87. The van der Waals surface area contributed by atoms with Gasteiger partial charge in [0.05, 0.1) is 37.2 Å². The van der Waals surface area contributed by atoms with Crippen LogP contribution in [0.3, 0.4) is 0 Å². The van der Waals surface area contributed by atoms with Crippen LogP contribution in [-0.2, 0) is 13.0 Å². The van der Waals surface area contributed by atoms with Crippen LogP contribution < -0.4 is 14.8 Å². The highest BCUT2D eigenvalue weighted by Gasteiger charge is 2.18. The number of hydrogen-bond acceptors (Lipinski definition) is 7. The Morgan fingerprint density at radius 2 is 1.35 bits per heavy atom. The van der Waals surface area contributed by atoms with Gasteiger partial charge in [-0.05, 0) is 52.9 Å². The minimum Gasteiger partial charge on any atom is -0.481 e. The van der Waals surface area contributed by atoms with Gasteiger partial charge in [-0.3, -0.25) is 0 Å². The van der Waals surface area contributed by atoms with E-state index in [-0.39, 0.29) is 13.2 Å². The minimum atomic E-state index is 0.0671. The first kappa shape index (κ1) is 30.0. The van der Waals surface area contributed by atoms with E-state index >= 15 is 0 Å². The summed E-state index contributed by atoms with van der Waals surface area (Å²) in [5.74, 6) is 1.09. The van der Waals surface area contributed by atoms with Crippen molar-refractivity contribution in [1.82, 2.24) is 15.3 Å². The fourth-order valence-corrected chi connectivity index (χ4v) is 5.53. The molecule has 0 spiro atoms. The van der Waals surface area contributed by atoms with Gasteiger partial charge in [0.1, 0.15) is 0 Å². The first-order chi connectivity index (χ1) is 19.5. The number of aromatic nitrogens is 2. The van der Waals surface area contributed by atoms with Crippen LogP contribution in [0.25, 0.3) is 33.6 Å².